The van der Waals surface area contributed by atoms with Gasteiger partial charge in [-0.05, 0) is 34.1 Å². The van der Waals surface area contributed by atoms with Gasteiger partial charge < -0.3 is 4.90 Å². The van der Waals surface area contributed by atoms with Crippen LogP contribution in [0.25, 0.3) is 0 Å². The zero-order valence-electron chi connectivity index (χ0n) is 12.5. The van der Waals surface area contributed by atoms with Crippen molar-refractivity contribution in [1.82, 2.24) is 9.29 Å². The molecule has 0 unspecified atom stereocenters. The van der Waals surface area contributed by atoms with Gasteiger partial charge in [-0.3, -0.25) is 0 Å². The molecule has 24 heavy (non-hydrogen) atoms. The summed E-state index contributed by atoms with van der Waals surface area (Å²) in [5, 5.41) is 0.207. The number of aromatic nitrogens is 1. The number of benzene rings is 1. The average molecular weight is 435 g/mol. The molecule has 0 atom stereocenters. The first kappa shape index (κ1) is 17.6. The van der Waals surface area contributed by atoms with Crippen LogP contribution in [0.15, 0.2) is 45.9 Å². The normalized spacial score (nSPS) is 16.4. The third kappa shape index (κ3) is 3.42. The van der Waals surface area contributed by atoms with Gasteiger partial charge in [-0.1, -0.05) is 23.7 Å². The lowest BCUT2D eigenvalue weighted by atomic mass is 10.2. The molecule has 0 amide bonds. The second kappa shape index (κ2) is 6.95. The van der Waals surface area contributed by atoms with Crippen LogP contribution in [0, 0.1) is 5.82 Å². The third-order valence-corrected chi connectivity index (χ3v) is 6.84. The Kier molecular flexibility index (Phi) is 5.10. The summed E-state index contributed by atoms with van der Waals surface area (Å²) in [5.41, 5.74) is 0.491. The molecule has 0 radical (unpaired) electrons. The van der Waals surface area contributed by atoms with E-state index >= 15 is 0 Å². The molecule has 5 nitrogen and oxygen atoms in total. The summed E-state index contributed by atoms with van der Waals surface area (Å²) in [4.78, 5) is 5.79. The quantitative estimate of drug-likeness (QED) is 0.697. The number of sulfonamides is 1. The lowest BCUT2D eigenvalue weighted by Crippen LogP contribution is -2.48. The Morgan fingerprint density at radius 3 is 2.46 bits per heavy atom. The van der Waals surface area contributed by atoms with Crippen LogP contribution in [0.1, 0.15) is 0 Å². The first-order chi connectivity index (χ1) is 11.4. The highest BCUT2D eigenvalue weighted by molar-refractivity contribution is 9.10. The molecule has 9 heteroatoms. The van der Waals surface area contributed by atoms with Gasteiger partial charge in [0.25, 0.3) is 0 Å². The maximum atomic E-state index is 13.9. The summed E-state index contributed by atoms with van der Waals surface area (Å²) < 4.78 is 41.0. The molecule has 1 fully saturated rings. The zero-order valence-corrected chi connectivity index (χ0v) is 15.7. The topological polar surface area (TPSA) is 53.5 Å². The van der Waals surface area contributed by atoms with Crippen molar-refractivity contribution in [2.24, 2.45) is 0 Å². The molecule has 3 rings (SSSR count). The fraction of sp³-hybridized carbons (Fsp3) is 0.267. The molecule has 0 N–H and O–H groups in total. The van der Waals surface area contributed by atoms with Gasteiger partial charge in [0.1, 0.15) is 15.9 Å². The number of nitrogens with zero attached hydrogens (tertiary/aromatic N) is 3. The maximum Gasteiger partial charge on any atom is 0.244 e. The molecule has 1 aromatic carbocycles. The number of para-hydroxylation sites is 1. The van der Waals surface area contributed by atoms with E-state index < -0.39 is 10.0 Å². The molecule has 1 saturated heterocycles. The molecule has 2 heterocycles. The minimum absolute atomic E-state index is 0.0816. The van der Waals surface area contributed by atoms with E-state index in [9.17, 15) is 12.8 Å². The van der Waals surface area contributed by atoms with Crippen molar-refractivity contribution >= 4 is 43.2 Å². The fourth-order valence-corrected chi connectivity index (χ4v) is 4.57. The van der Waals surface area contributed by atoms with Crippen LogP contribution in [-0.2, 0) is 10.0 Å². The van der Waals surface area contributed by atoms with Crippen LogP contribution in [-0.4, -0.2) is 43.9 Å². The lowest BCUT2D eigenvalue weighted by Gasteiger charge is -2.35. The summed E-state index contributed by atoms with van der Waals surface area (Å²) >= 11 is 8.99. The van der Waals surface area contributed by atoms with Crippen LogP contribution < -0.4 is 4.90 Å². The minimum Gasteiger partial charge on any atom is -0.367 e. The summed E-state index contributed by atoms with van der Waals surface area (Å²) in [5.74, 6) is -0.306. The van der Waals surface area contributed by atoms with Crippen LogP contribution in [0.3, 0.4) is 0 Å². The Hall–Kier alpha value is -1.22. The van der Waals surface area contributed by atoms with Crippen LogP contribution >= 0.6 is 27.5 Å². The largest absolute Gasteiger partial charge is 0.367 e. The van der Waals surface area contributed by atoms with Gasteiger partial charge in [0.15, 0.2) is 0 Å². The number of piperazine rings is 1. The second-order valence-electron chi connectivity index (χ2n) is 5.29. The van der Waals surface area contributed by atoms with Crippen LogP contribution in [0.5, 0.6) is 0 Å². The highest BCUT2D eigenvalue weighted by Crippen LogP contribution is 2.26. The summed E-state index contributed by atoms with van der Waals surface area (Å²) in [6, 6.07) is 7.92. The highest BCUT2D eigenvalue weighted by atomic mass is 79.9. The van der Waals surface area contributed by atoms with Gasteiger partial charge >= 0.3 is 0 Å². The van der Waals surface area contributed by atoms with E-state index in [2.05, 4.69) is 20.9 Å². The summed E-state index contributed by atoms with van der Waals surface area (Å²) in [7, 11) is -3.66. The zero-order chi connectivity index (χ0) is 17.3. The molecule has 1 aliphatic heterocycles. The molecule has 2 aromatic rings. The first-order valence-corrected chi connectivity index (χ1v) is 9.81. The van der Waals surface area contributed by atoms with E-state index in [0.29, 0.717) is 23.2 Å². The predicted molar refractivity (Wildman–Crippen MR) is 94.3 cm³/mol. The highest BCUT2D eigenvalue weighted by Gasteiger charge is 2.29. The van der Waals surface area contributed by atoms with E-state index in [1.807, 2.05) is 4.90 Å². The number of hydrogen-bond acceptors (Lipinski definition) is 4. The van der Waals surface area contributed by atoms with Crippen molar-refractivity contribution in [3.8, 4) is 0 Å². The van der Waals surface area contributed by atoms with Crippen molar-refractivity contribution in [1.29, 1.82) is 0 Å². The van der Waals surface area contributed by atoms with Gasteiger partial charge in [-0.25, -0.2) is 17.8 Å². The maximum absolute atomic E-state index is 13.9. The Bertz CT molecular complexity index is 858. The second-order valence-corrected chi connectivity index (χ2v) is 8.44. The van der Waals surface area contributed by atoms with Crippen molar-refractivity contribution in [3.05, 3.63) is 52.0 Å². The SMILES string of the molecule is O=S(=O)(c1cnc(Cl)c(Br)c1)N1CCN(c2ccccc2F)CC1. The van der Waals surface area contributed by atoms with Gasteiger partial charge in [0.2, 0.25) is 10.0 Å². The number of rotatable bonds is 3. The van der Waals surface area contributed by atoms with E-state index in [0.717, 1.165) is 0 Å². The van der Waals surface area contributed by atoms with Crippen molar-refractivity contribution < 1.29 is 12.8 Å². The standard InChI is InChI=1S/C15H14BrClFN3O2S/c16-12-9-11(10-19-15(12)17)24(22,23)21-7-5-20(6-8-21)14-4-2-1-3-13(14)18/h1-4,9-10H,5-8H2. The number of hydrogen-bond donors (Lipinski definition) is 0. The molecule has 128 valence electrons. The predicted octanol–water partition coefficient (Wildman–Crippen LogP) is 3.15. The van der Waals surface area contributed by atoms with Gasteiger partial charge in [0, 0.05) is 32.4 Å². The van der Waals surface area contributed by atoms with Gasteiger partial charge in [-0.2, -0.15) is 4.31 Å². The Labute approximate surface area is 153 Å². The molecule has 0 spiro atoms. The first-order valence-electron chi connectivity index (χ1n) is 7.20. The lowest BCUT2D eigenvalue weighted by molar-refractivity contribution is 0.383. The van der Waals surface area contributed by atoms with Crippen molar-refractivity contribution in [2.45, 2.75) is 4.90 Å². The molecule has 0 saturated carbocycles. The smallest absolute Gasteiger partial charge is 0.244 e. The molecule has 1 aliphatic rings. The van der Waals surface area contributed by atoms with E-state index in [1.165, 1.54) is 22.6 Å². The van der Waals surface area contributed by atoms with E-state index in [1.54, 1.807) is 18.2 Å². The van der Waals surface area contributed by atoms with Gasteiger partial charge in [-0.15, -0.1) is 0 Å². The number of halogens is 3. The van der Waals surface area contributed by atoms with Crippen LogP contribution in [0.2, 0.25) is 5.15 Å². The number of pyridine rings is 1. The van der Waals surface area contributed by atoms with Crippen LogP contribution in [0.4, 0.5) is 10.1 Å². The fourth-order valence-electron chi connectivity index (χ4n) is 2.57. The average Bonchev–Trinajstić information content (AvgIpc) is 2.58. The molecule has 0 aliphatic carbocycles. The Morgan fingerprint density at radius 2 is 1.83 bits per heavy atom. The minimum atomic E-state index is -3.66. The van der Waals surface area contributed by atoms with Crippen molar-refractivity contribution in [2.75, 3.05) is 31.1 Å². The molecule has 0 bridgehead atoms. The summed E-state index contributed by atoms with van der Waals surface area (Å²) in [6.07, 6.45) is 1.24. The Balaban J connectivity index is 1.76. The van der Waals surface area contributed by atoms with Gasteiger partial charge in [0.05, 0.1) is 10.2 Å². The summed E-state index contributed by atoms with van der Waals surface area (Å²) in [6.45, 7) is 1.39. The Morgan fingerprint density at radius 1 is 1.17 bits per heavy atom. The van der Waals surface area contributed by atoms with E-state index in [4.69, 9.17) is 11.6 Å². The monoisotopic (exact) mass is 433 g/mol. The number of anilines is 1. The van der Waals surface area contributed by atoms with Crippen molar-refractivity contribution in [3.63, 3.8) is 0 Å². The van der Waals surface area contributed by atoms with E-state index in [-0.39, 0.29) is 29.0 Å². The third-order valence-electron chi connectivity index (χ3n) is 3.84. The molecular weight excluding hydrogens is 421 g/mol. The molecular formula is C15H14BrClFN3O2S. The molecule has 1 aromatic heterocycles.